The van der Waals surface area contributed by atoms with Crippen molar-refractivity contribution in [1.29, 1.82) is 0 Å². The summed E-state index contributed by atoms with van der Waals surface area (Å²) in [6.45, 7) is 2.25. The summed E-state index contributed by atoms with van der Waals surface area (Å²) in [6, 6.07) is 0. The molecule has 0 amide bonds. The quantitative estimate of drug-likeness (QED) is 0.680. The lowest BCUT2D eigenvalue weighted by Gasteiger charge is -2.14. The fourth-order valence-electron chi connectivity index (χ4n) is 1.44. The number of rotatable bonds is 6. The second-order valence-electron chi connectivity index (χ2n) is 3.69. The molecule has 1 heterocycles. The van der Waals surface area contributed by atoms with Crippen LogP contribution in [-0.2, 0) is 13.6 Å². The van der Waals surface area contributed by atoms with Gasteiger partial charge in [-0.1, -0.05) is 0 Å². The van der Waals surface area contributed by atoms with Gasteiger partial charge in [0.1, 0.15) is 0 Å². The first-order chi connectivity index (χ1) is 6.72. The molecule has 0 saturated heterocycles. The molecule has 0 aliphatic heterocycles. The first-order valence-electron chi connectivity index (χ1n) is 4.99. The molecule has 1 N–H and O–H groups in total. The van der Waals surface area contributed by atoms with Crippen LogP contribution in [0.5, 0.6) is 0 Å². The minimum absolute atomic E-state index is 0.292. The van der Waals surface area contributed by atoms with Crippen LogP contribution >= 0.6 is 0 Å². The predicted molar refractivity (Wildman–Crippen MR) is 55.9 cm³/mol. The number of aromatic nitrogens is 2. The average Bonchev–Trinajstić information content (AvgIpc) is 2.52. The van der Waals surface area contributed by atoms with E-state index in [1.54, 1.807) is 0 Å². The van der Waals surface area contributed by atoms with Gasteiger partial charge < -0.3 is 10.0 Å². The highest BCUT2D eigenvalue weighted by Gasteiger charge is 2.01. The van der Waals surface area contributed by atoms with Gasteiger partial charge in [0.05, 0.1) is 6.20 Å². The van der Waals surface area contributed by atoms with Crippen LogP contribution < -0.4 is 0 Å². The molecule has 0 saturated carbocycles. The largest absolute Gasteiger partial charge is 0.396 e. The molecular formula is C10H19N3O. The molecule has 0 aromatic carbocycles. The number of hydrogen-bond acceptors (Lipinski definition) is 3. The summed E-state index contributed by atoms with van der Waals surface area (Å²) < 4.78 is 1.82. The Labute approximate surface area is 85.1 Å². The van der Waals surface area contributed by atoms with Crippen molar-refractivity contribution in [2.45, 2.75) is 19.4 Å². The Hall–Kier alpha value is -0.870. The zero-order chi connectivity index (χ0) is 10.4. The minimum atomic E-state index is 0.292. The Balaban J connectivity index is 2.23. The van der Waals surface area contributed by atoms with E-state index in [2.05, 4.69) is 17.0 Å². The van der Waals surface area contributed by atoms with Gasteiger partial charge in [-0.05, 0) is 26.4 Å². The summed E-state index contributed by atoms with van der Waals surface area (Å²) in [6.07, 6.45) is 5.86. The van der Waals surface area contributed by atoms with Gasteiger partial charge in [-0.15, -0.1) is 0 Å². The summed E-state index contributed by atoms with van der Waals surface area (Å²) >= 11 is 0. The molecule has 4 nitrogen and oxygen atoms in total. The lowest BCUT2D eigenvalue weighted by molar-refractivity contribution is 0.261. The Morgan fingerprint density at radius 3 is 2.86 bits per heavy atom. The molecule has 1 rings (SSSR count). The summed E-state index contributed by atoms with van der Waals surface area (Å²) in [7, 11) is 4.01. The van der Waals surface area contributed by atoms with E-state index in [0.717, 1.165) is 25.9 Å². The number of aryl methyl sites for hydroxylation is 1. The van der Waals surface area contributed by atoms with E-state index < -0.39 is 0 Å². The second-order valence-corrected chi connectivity index (χ2v) is 3.69. The number of unbranched alkanes of at least 4 members (excludes halogenated alkanes) is 1. The van der Waals surface area contributed by atoms with Crippen LogP contribution in [0.3, 0.4) is 0 Å². The van der Waals surface area contributed by atoms with Crippen molar-refractivity contribution in [3.63, 3.8) is 0 Å². The number of aliphatic hydroxyl groups excluding tert-OH is 1. The zero-order valence-corrected chi connectivity index (χ0v) is 8.98. The Bertz CT molecular complexity index is 260. The van der Waals surface area contributed by atoms with Crippen LogP contribution in [0.15, 0.2) is 12.4 Å². The van der Waals surface area contributed by atoms with Crippen LogP contribution in [0.1, 0.15) is 18.4 Å². The van der Waals surface area contributed by atoms with E-state index in [1.807, 2.05) is 24.1 Å². The molecule has 0 spiro atoms. The maximum absolute atomic E-state index is 8.64. The minimum Gasteiger partial charge on any atom is -0.396 e. The molecule has 0 aliphatic carbocycles. The van der Waals surface area contributed by atoms with E-state index in [9.17, 15) is 0 Å². The molecule has 0 unspecified atom stereocenters. The fourth-order valence-corrected chi connectivity index (χ4v) is 1.44. The van der Waals surface area contributed by atoms with Crippen molar-refractivity contribution in [3.8, 4) is 0 Å². The molecule has 4 heteroatoms. The average molecular weight is 197 g/mol. The summed E-state index contributed by atoms with van der Waals surface area (Å²) in [5.41, 5.74) is 1.24. The molecule has 0 fully saturated rings. The summed E-state index contributed by atoms with van der Waals surface area (Å²) in [4.78, 5) is 2.24. The van der Waals surface area contributed by atoms with Crippen LogP contribution in [0.2, 0.25) is 0 Å². The first-order valence-corrected chi connectivity index (χ1v) is 4.99. The molecule has 0 bridgehead atoms. The molecule has 0 atom stereocenters. The van der Waals surface area contributed by atoms with E-state index in [4.69, 9.17) is 5.11 Å². The van der Waals surface area contributed by atoms with Crippen LogP contribution in [0.25, 0.3) is 0 Å². The third-order valence-corrected chi connectivity index (χ3v) is 2.16. The highest BCUT2D eigenvalue weighted by Crippen LogP contribution is 2.02. The molecule has 1 aromatic rings. The van der Waals surface area contributed by atoms with Crippen molar-refractivity contribution >= 4 is 0 Å². The SMILES string of the molecule is CN(CCCCO)Cc1cnn(C)c1. The zero-order valence-electron chi connectivity index (χ0n) is 8.98. The third-order valence-electron chi connectivity index (χ3n) is 2.16. The lowest BCUT2D eigenvalue weighted by atomic mass is 10.3. The van der Waals surface area contributed by atoms with Gasteiger partial charge in [0.15, 0.2) is 0 Å². The Kier molecular flexibility index (Phi) is 4.62. The molecule has 1 aromatic heterocycles. The monoisotopic (exact) mass is 197 g/mol. The molecule has 14 heavy (non-hydrogen) atoms. The highest BCUT2D eigenvalue weighted by molar-refractivity contribution is 5.02. The van der Waals surface area contributed by atoms with Gasteiger partial charge in [0, 0.05) is 32.0 Å². The van der Waals surface area contributed by atoms with Crippen LogP contribution in [0, 0.1) is 0 Å². The number of aliphatic hydroxyl groups is 1. The van der Waals surface area contributed by atoms with Crippen LogP contribution in [0.4, 0.5) is 0 Å². The molecule has 0 aliphatic rings. The second kappa shape index (κ2) is 5.78. The maximum Gasteiger partial charge on any atom is 0.0534 e. The van der Waals surface area contributed by atoms with E-state index in [-0.39, 0.29) is 0 Å². The Morgan fingerprint density at radius 2 is 2.29 bits per heavy atom. The molecule has 80 valence electrons. The predicted octanol–water partition coefficient (Wildman–Crippen LogP) is 0.624. The van der Waals surface area contributed by atoms with Crippen molar-refractivity contribution in [2.75, 3.05) is 20.2 Å². The maximum atomic E-state index is 8.64. The normalized spacial score (nSPS) is 11.1. The van der Waals surface area contributed by atoms with Gasteiger partial charge in [-0.3, -0.25) is 4.68 Å². The van der Waals surface area contributed by atoms with Gasteiger partial charge in [0.25, 0.3) is 0 Å². The van der Waals surface area contributed by atoms with Crippen molar-refractivity contribution < 1.29 is 5.11 Å². The van der Waals surface area contributed by atoms with E-state index in [0.29, 0.717) is 6.61 Å². The van der Waals surface area contributed by atoms with E-state index >= 15 is 0 Å². The molecular weight excluding hydrogens is 178 g/mol. The van der Waals surface area contributed by atoms with Crippen molar-refractivity contribution in [2.24, 2.45) is 7.05 Å². The highest BCUT2D eigenvalue weighted by atomic mass is 16.2. The van der Waals surface area contributed by atoms with Crippen molar-refractivity contribution in [3.05, 3.63) is 18.0 Å². The smallest absolute Gasteiger partial charge is 0.0534 e. The third kappa shape index (κ3) is 3.89. The molecule has 0 radical (unpaired) electrons. The van der Waals surface area contributed by atoms with Gasteiger partial charge >= 0.3 is 0 Å². The van der Waals surface area contributed by atoms with Gasteiger partial charge in [-0.2, -0.15) is 5.10 Å². The van der Waals surface area contributed by atoms with Gasteiger partial charge in [-0.25, -0.2) is 0 Å². The fraction of sp³-hybridized carbons (Fsp3) is 0.700. The number of nitrogens with zero attached hydrogens (tertiary/aromatic N) is 3. The standard InChI is InChI=1S/C10H19N3O/c1-12(5-3-4-6-14)8-10-7-11-13(2)9-10/h7,9,14H,3-6,8H2,1-2H3. The van der Waals surface area contributed by atoms with Crippen LogP contribution in [-0.4, -0.2) is 40.0 Å². The topological polar surface area (TPSA) is 41.3 Å². The first kappa shape index (κ1) is 11.2. The lowest BCUT2D eigenvalue weighted by Crippen LogP contribution is -2.19. The summed E-state index contributed by atoms with van der Waals surface area (Å²) in [5, 5.41) is 12.8. The van der Waals surface area contributed by atoms with Gasteiger partial charge in [0.2, 0.25) is 0 Å². The number of hydrogen-bond donors (Lipinski definition) is 1. The summed E-state index contributed by atoms with van der Waals surface area (Å²) in [5.74, 6) is 0. The van der Waals surface area contributed by atoms with E-state index in [1.165, 1.54) is 5.56 Å². The van der Waals surface area contributed by atoms with Crippen molar-refractivity contribution in [1.82, 2.24) is 14.7 Å². The Morgan fingerprint density at radius 1 is 1.50 bits per heavy atom.